The highest BCUT2D eigenvalue weighted by molar-refractivity contribution is 7.89. The number of hydrogen-bond acceptors (Lipinski definition) is 4. The molecule has 17 heavy (non-hydrogen) atoms. The predicted molar refractivity (Wildman–Crippen MR) is 61.9 cm³/mol. The van der Waals surface area contributed by atoms with Crippen LogP contribution in [0.15, 0.2) is 35.2 Å². The molecule has 5 nitrogen and oxygen atoms in total. The number of aliphatic hydroxyl groups excluding tert-OH is 1. The van der Waals surface area contributed by atoms with Crippen LogP contribution in [0.5, 0.6) is 0 Å². The van der Waals surface area contributed by atoms with Crippen LogP contribution in [0.25, 0.3) is 0 Å². The van der Waals surface area contributed by atoms with Crippen LogP contribution in [0.1, 0.15) is 6.42 Å². The lowest BCUT2D eigenvalue weighted by Gasteiger charge is -2.20. The Bertz CT molecular complexity index is 487. The van der Waals surface area contributed by atoms with Crippen LogP contribution in [0, 0.1) is 0 Å². The fraction of sp³-hybridized carbons (Fsp3) is 0.455. The van der Waals surface area contributed by atoms with E-state index in [-0.39, 0.29) is 24.4 Å². The van der Waals surface area contributed by atoms with Gasteiger partial charge in [-0.25, -0.2) is 8.42 Å². The molecule has 0 bridgehead atoms. The van der Waals surface area contributed by atoms with E-state index in [4.69, 9.17) is 5.11 Å². The second-order valence-corrected chi connectivity index (χ2v) is 6.22. The molecule has 1 aromatic carbocycles. The van der Waals surface area contributed by atoms with E-state index in [1.54, 1.807) is 18.2 Å². The SMILES string of the molecule is O=S(=O)(c1ccccc1)N1CC[C@](O)(CO)C1. The van der Waals surface area contributed by atoms with Gasteiger partial charge in [0.2, 0.25) is 10.0 Å². The molecular formula is C11H15NO4S. The first kappa shape index (κ1) is 12.5. The fourth-order valence-corrected chi connectivity index (χ4v) is 3.44. The van der Waals surface area contributed by atoms with Gasteiger partial charge in [-0.2, -0.15) is 4.31 Å². The molecule has 1 aromatic rings. The van der Waals surface area contributed by atoms with E-state index < -0.39 is 22.2 Å². The molecule has 1 aliphatic rings. The van der Waals surface area contributed by atoms with Gasteiger partial charge in [0.1, 0.15) is 5.60 Å². The first-order chi connectivity index (χ1) is 7.98. The molecule has 94 valence electrons. The van der Waals surface area contributed by atoms with Crippen molar-refractivity contribution < 1.29 is 18.6 Å². The Kier molecular flexibility index (Phi) is 3.22. The summed E-state index contributed by atoms with van der Waals surface area (Å²) in [5.41, 5.74) is -1.30. The molecule has 0 unspecified atom stereocenters. The molecule has 0 spiro atoms. The van der Waals surface area contributed by atoms with Crippen molar-refractivity contribution in [2.24, 2.45) is 0 Å². The number of nitrogens with zero attached hydrogens (tertiary/aromatic N) is 1. The van der Waals surface area contributed by atoms with Gasteiger partial charge in [0.05, 0.1) is 11.5 Å². The van der Waals surface area contributed by atoms with E-state index in [0.717, 1.165) is 0 Å². The summed E-state index contributed by atoms with van der Waals surface area (Å²) in [5.74, 6) is 0. The second kappa shape index (κ2) is 4.38. The van der Waals surface area contributed by atoms with Crippen molar-refractivity contribution in [2.75, 3.05) is 19.7 Å². The Hall–Kier alpha value is -0.950. The van der Waals surface area contributed by atoms with Crippen molar-refractivity contribution in [3.63, 3.8) is 0 Å². The summed E-state index contributed by atoms with van der Waals surface area (Å²) in [4.78, 5) is 0.210. The summed E-state index contributed by atoms with van der Waals surface area (Å²) in [5, 5.41) is 18.8. The monoisotopic (exact) mass is 257 g/mol. The molecule has 0 amide bonds. The Morgan fingerprint density at radius 1 is 1.29 bits per heavy atom. The fourth-order valence-electron chi connectivity index (χ4n) is 1.89. The zero-order valence-corrected chi connectivity index (χ0v) is 10.1. The Balaban J connectivity index is 2.25. The molecule has 2 rings (SSSR count). The highest BCUT2D eigenvalue weighted by Crippen LogP contribution is 2.26. The molecule has 1 atom stereocenters. The number of sulfonamides is 1. The first-order valence-electron chi connectivity index (χ1n) is 5.36. The van der Waals surface area contributed by atoms with Crippen molar-refractivity contribution >= 4 is 10.0 Å². The number of β-amino-alcohol motifs (C(OH)–C–C–N with tert-alkyl or cyclic N) is 1. The van der Waals surface area contributed by atoms with E-state index in [0.29, 0.717) is 0 Å². The van der Waals surface area contributed by atoms with Gasteiger partial charge in [-0.1, -0.05) is 18.2 Å². The Morgan fingerprint density at radius 3 is 2.47 bits per heavy atom. The maximum absolute atomic E-state index is 12.2. The summed E-state index contributed by atoms with van der Waals surface area (Å²) in [7, 11) is -3.56. The molecule has 0 aliphatic carbocycles. The van der Waals surface area contributed by atoms with Crippen LogP contribution in [0.3, 0.4) is 0 Å². The minimum absolute atomic E-state index is 0.0548. The van der Waals surface area contributed by atoms with Crippen LogP contribution in [0.4, 0.5) is 0 Å². The summed E-state index contributed by atoms with van der Waals surface area (Å²) in [6.07, 6.45) is 0.259. The van der Waals surface area contributed by atoms with Gasteiger partial charge in [0.15, 0.2) is 0 Å². The lowest BCUT2D eigenvalue weighted by atomic mass is 10.1. The van der Waals surface area contributed by atoms with Gasteiger partial charge in [0.25, 0.3) is 0 Å². The van der Waals surface area contributed by atoms with Gasteiger partial charge >= 0.3 is 0 Å². The highest BCUT2D eigenvalue weighted by Gasteiger charge is 2.41. The summed E-state index contributed by atoms with van der Waals surface area (Å²) in [6.45, 7) is -0.247. The lowest BCUT2D eigenvalue weighted by molar-refractivity contribution is -0.000733. The number of hydrogen-bond donors (Lipinski definition) is 2. The second-order valence-electron chi connectivity index (χ2n) is 4.28. The van der Waals surface area contributed by atoms with Gasteiger partial charge < -0.3 is 10.2 Å². The van der Waals surface area contributed by atoms with Gasteiger partial charge in [-0.15, -0.1) is 0 Å². The van der Waals surface area contributed by atoms with E-state index >= 15 is 0 Å². The molecule has 6 heteroatoms. The molecule has 0 radical (unpaired) electrons. The largest absolute Gasteiger partial charge is 0.393 e. The molecule has 1 aliphatic heterocycles. The van der Waals surface area contributed by atoms with E-state index in [9.17, 15) is 13.5 Å². The molecule has 1 saturated heterocycles. The minimum Gasteiger partial charge on any atom is -0.393 e. The molecule has 1 heterocycles. The van der Waals surface area contributed by atoms with Crippen molar-refractivity contribution in [3.05, 3.63) is 30.3 Å². The average Bonchev–Trinajstić information content (AvgIpc) is 2.75. The normalized spacial score (nSPS) is 26.2. The summed E-state index contributed by atoms with van der Waals surface area (Å²) < 4.78 is 25.5. The van der Waals surface area contributed by atoms with Crippen LogP contribution in [-0.2, 0) is 10.0 Å². The predicted octanol–water partition coefficient (Wildman–Crippen LogP) is -0.196. The van der Waals surface area contributed by atoms with Crippen LogP contribution in [0.2, 0.25) is 0 Å². The van der Waals surface area contributed by atoms with E-state index in [1.807, 2.05) is 0 Å². The number of rotatable bonds is 3. The van der Waals surface area contributed by atoms with Crippen molar-refractivity contribution in [3.8, 4) is 0 Å². The first-order valence-corrected chi connectivity index (χ1v) is 6.80. The average molecular weight is 257 g/mol. The maximum Gasteiger partial charge on any atom is 0.243 e. The third-order valence-electron chi connectivity index (χ3n) is 2.97. The zero-order chi connectivity index (χ0) is 12.5. The standard InChI is InChI=1S/C11H15NO4S/c13-9-11(14)6-7-12(8-11)17(15,16)10-4-2-1-3-5-10/h1-5,13-14H,6-9H2/t11-/m1/s1. The molecule has 0 saturated carbocycles. The summed E-state index contributed by atoms with van der Waals surface area (Å²) in [6, 6.07) is 8.09. The minimum atomic E-state index is -3.56. The van der Waals surface area contributed by atoms with E-state index in [2.05, 4.69) is 0 Å². The molecule has 1 fully saturated rings. The molecule has 2 N–H and O–H groups in total. The summed E-state index contributed by atoms with van der Waals surface area (Å²) >= 11 is 0. The lowest BCUT2D eigenvalue weighted by Crippen LogP contribution is -2.38. The number of benzene rings is 1. The van der Waals surface area contributed by atoms with Crippen molar-refractivity contribution in [2.45, 2.75) is 16.9 Å². The topological polar surface area (TPSA) is 77.8 Å². The van der Waals surface area contributed by atoms with Crippen molar-refractivity contribution in [1.82, 2.24) is 4.31 Å². The Morgan fingerprint density at radius 2 is 1.94 bits per heavy atom. The Labute approximate surface area is 100 Å². The van der Waals surface area contributed by atoms with Crippen LogP contribution < -0.4 is 0 Å². The third-order valence-corrected chi connectivity index (χ3v) is 4.83. The van der Waals surface area contributed by atoms with Crippen molar-refractivity contribution in [1.29, 1.82) is 0 Å². The smallest absolute Gasteiger partial charge is 0.243 e. The van der Waals surface area contributed by atoms with Gasteiger partial charge in [0, 0.05) is 13.1 Å². The van der Waals surface area contributed by atoms with Gasteiger partial charge in [-0.3, -0.25) is 0 Å². The van der Waals surface area contributed by atoms with Gasteiger partial charge in [-0.05, 0) is 18.6 Å². The maximum atomic E-state index is 12.2. The van der Waals surface area contributed by atoms with E-state index in [1.165, 1.54) is 16.4 Å². The zero-order valence-electron chi connectivity index (χ0n) is 9.28. The van der Waals surface area contributed by atoms with Crippen LogP contribution in [-0.4, -0.2) is 48.2 Å². The quantitative estimate of drug-likeness (QED) is 0.786. The highest BCUT2D eigenvalue weighted by atomic mass is 32.2. The number of aliphatic hydroxyl groups is 2. The van der Waals surface area contributed by atoms with Crippen LogP contribution >= 0.6 is 0 Å². The molecule has 0 aromatic heterocycles. The molecular weight excluding hydrogens is 242 g/mol. The third kappa shape index (κ3) is 2.35.